The fourth-order valence-electron chi connectivity index (χ4n) is 2.42. The molecule has 1 atom stereocenters. The Labute approximate surface area is 129 Å². The van der Waals surface area contributed by atoms with E-state index in [1.165, 1.54) is 0 Å². The van der Waals surface area contributed by atoms with Gasteiger partial charge in [-0.05, 0) is 30.3 Å². The highest BCUT2D eigenvalue weighted by Gasteiger charge is 2.22. The van der Waals surface area contributed by atoms with Gasteiger partial charge in [0.1, 0.15) is 5.82 Å². The molecule has 1 aromatic heterocycles. The first-order valence-electron chi connectivity index (χ1n) is 6.94. The third kappa shape index (κ3) is 3.79. The van der Waals surface area contributed by atoms with Crippen molar-refractivity contribution in [3.05, 3.63) is 64.7 Å². The first kappa shape index (κ1) is 15.9. The van der Waals surface area contributed by atoms with Gasteiger partial charge in [-0.3, -0.25) is 9.88 Å². The predicted molar refractivity (Wildman–Crippen MR) is 83.5 cm³/mol. The third-order valence-electron chi connectivity index (χ3n) is 3.55. The molecule has 2 rings (SSSR count). The number of aromatic nitrogens is 1. The number of nitrogens with zero attached hydrogens (tertiary/aromatic N) is 2. The largest absolute Gasteiger partial charge is 0.329 e. The van der Waals surface area contributed by atoms with Gasteiger partial charge in [0.15, 0.2) is 0 Å². The van der Waals surface area contributed by atoms with Crippen molar-refractivity contribution in [1.29, 1.82) is 0 Å². The van der Waals surface area contributed by atoms with Gasteiger partial charge in [-0.25, -0.2) is 4.39 Å². The van der Waals surface area contributed by atoms with E-state index in [1.807, 2.05) is 19.1 Å². The molecule has 0 aliphatic heterocycles. The van der Waals surface area contributed by atoms with E-state index in [0.717, 1.165) is 12.1 Å². The van der Waals surface area contributed by atoms with Crippen molar-refractivity contribution < 1.29 is 4.39 Å². The van der Waals surface area contributed by atoms with Crippen LogP contribution in [0.2, 0.25) is 5.02 Å². The Morgan fingerprint density at radius 2 is 2.00 bits per heavy atom. The van der Waals surface area contributed by atoms with Gasteiger partial charge in [-0.2, -0.15) is 0 Å². The predicted octanol–water partition coefficient (Wildman–Crippen LogP) is 3.40. The molecule has 0 radical (unpaired) electrons. The van der Waals surface area contributed by atoms with Crippen LogP contribution in [0.1, 0.15) is 24.1 Å². The zero-order valence-electron chi connectivity index (χ0n) is 12.0. The Morgan fingerprint density at radius 1 is 1.29 bits per heavy atom. The lowest BCUT2D eigenvalue weighted by molar-refractivity contribution is 0.199. The topological polar surface area (TPSA) is 42.2 Å². The van der Waals surface area contributed by atoms with E-state index in [2.05, 4.69) is 9.88 Å². The zero-order valence-corrected chi connectivity index (χ0v) is 12.7. The average molecular weight is 308 g/mol. The van der Waals surface area contributed by atoms with Crippen LogP contribution in [0.15, 0.2) is 42.7 Å². The highest BCUT2D eigenvalue weighted by atomic mass is 35.5. The summed E-state index contributed by atoms with van der Waals surface area (Å²) in [6.07, 6.45) is 3.50. The van der Waals surface area contributed by atoms with Gasteiger partial charge < -0.3 is 5.73 Å². The molecule has 0 amide bonds. The zero-order chi connectivity index (χ0) is 15.2. The molecule has 0 bridgehead atoms. The van der Waals surface area contributed by atoms with Crippen LogP contribution < -0.4 is 5.73 Å². The molecular weight excluding hydrogens is 289 g/mol. The van der Waals surface area contributed by atoms with Gasteiger partial charge in [-0.15, -0.1) is 0 Å². The number of likely N-dealkylation sites (N-methyl/N-ethyl adjacent to an activating group) is 1. The van der Waals surface area contributed by atoms with Gasteiger partial charge in [0, 0.05) is 31.0 Å². The van der Waals surface area contributed by atoms with E-state index in [-0.39, 0.29) is 16.9 Å². The van der Waals surface area contributed by atoms with E-state index < -0.39 is 0 Å². The molecule has 0 aliphatic carbocycles. The average Bonchev–Trinajstić information content (AvgIpc) is 2.52. The van der Waals surface area contributed by atoms with Crippen molar-refractivity contribution in [3.8, 4) is 0 Å². The number of benzene rings is 1. The molecule has 112 valence electrons. The first-order chi connectivity index (χ1) is 10.2. The number of halogens is 2. The molecule has 1 unspecified atom stereocenters. The summed E-state index contributed by atoms with van der Waals surface area (Å²) in [5, 5.41) is 0.130. The Hall–Kier alpha value is -1.49. The van der Waals surface area contributed by atoms with Crippen LogP contribution in [0.4, 0.5) is 4.39 Å². The third-order valence-corrected chi connectivity index (χ3v) is 3.84. The first-order valence-corrected chi connectivity index (χ1v) is 7.32. The van der Waals surface area contributed by atoms with Crippen LogP contribution >= 0.6 is 11.6 Å². The highest BCUT2D eigenvalue weighted by molar-refractivity contribution is 6.30. The van der Waals surface area contributed by atoms with Gasteiger partial charge in [-0.1, -0.05) is 30.7 Å². The van der Waals surface area contributed by atoms with Gasteiger partial charge in [0.25, 0.3) is 0 Å². The number of pyridine rings is 1. The molecule has 0 saturated heterocycles. The fraction of sp³-hybridized carbons (Fsp3) is 0.312. The van der Waals surface area contributed by atoms with Crippen molar-refractivity contribution in [2.45, 2.75) is 19.5 Å². The molecule has 0 aliphatic rings. The molecule has 21 heavy (non-hydrogen) atoms. The standard InChI is InChI=1S/C16H19ClFN3/c1-2-21(11-12-6-8-20-9-7-12)15(10-19)13-4-3-5-14(17)16(13)18/h3-9,15H,2,10-11,19H2,1H3. The summed E-state index contributed by atoms with van der Waals surface area (Å²) in [5.74, 6) is -0.386. The summed E-state index contributed by atoms with van der Waals surface area (Å²) in [4.78, 5) is 6.14. The molecular formula is C16H19ClFN3. The normalized spacial score (nSPS) is 12.6. The van der Waals surface area contributed by atoms with Crippen LogP contribution in [0.3, 0.4) is 0 Å². The molecule has 2 aromatic rings. The van der Waals surface area contributed by atoms with E-state index >= 15 is 0 Å². The molecule has 0 saturated carbocycles. The second-order valence-electron chi connectivity index (χ2n) is 4.81. The quantitative estimate of drug-likeness (QED) is 0.889. The minimum Gasteiger partial charge on any atom is -0.329 e. The van der Waals surface area contributed by atoms with Crippen molar-refractivity contribution in [3.63, 3.8) is 0 Å². The summed E-state index contributed by atoms with van der Waals surface area (Å²) in [7, 11) is 0. The highest BCUT2D eigenvalue weighted by Crippen LogP contribution is 2.27. The van der Waals surface area contributed by atoms with Crippen molar-refractivity contribution in [2.24, 2.45) is 5.73 Å². The fourth-order valence-corrected chi connectivity index (χ4v) is 2.60. The second-order valence-corrected chi connectivity index (χ2v) is 5.22. The smallest absolute Gasteiger partial charge is 0.146 e. The molecule has 0 fully saturated rings. The van der Waals surface area contributed by atoms with E-state index in [0.29, 0.717) is 18.7 Å². The summed E-state index contributed by atoms with van der Waals surface area (Å²) in [6.45, 7) is 3.81. The lowest BCUT2D eigenvalue weighted by atomic mass is 10.0. The Morgan fingerprint density at radius 3 is 2.62 bits per heavy atom. The molecule has 1 aromatic carbocycles. The van der Waals surface area contributed by atoms with E-state index in [1.54, 1.807) is 30.6 Å². The van der Waals surface area contributed by atoms with Gasteiger partial charge >= 0.3 is 0 Å². The van der Waals surface area contributed by atoms with Crippen molar-refractivity contribution >= 4 is 11.6 Å². The maximum Gasteiger partial charge on any atom is 0.146 e. The molecule has 1 heterocycles. The maximum absolute atomic E-state index is 14.3. The van der Waals surface area contributed by atoms with Crippen LogP contribution in [0, 0.1) is 5.82 Å². The lowest BCUT2D eigenvalue weighted by Gasteiger charge is -2.30. The lowest BCUT2D eigenvalue weighted by Crippen LogP contribution is -2.34. The Balaban J connectivity index is 2.27. The van der Waals surface area contributed by atoms with Crippen LogP contribution in [0.5, 0.6) is 0 Å². The summed E-state index contributed by atoms with van der Waals surface area (Å²) in [5.41, 5.74) is 7.55. The van der Waals surface area contributed by atoms with Gasteiger partial charge in [0.2, 0.25) is 0 Å². The van der Waals surface area contributed by atoms with Crippen molar-refractivity contribution in [1.82, 2.24) is 9.88 Å². The number of nitrogens with two attached hydrogens (primary N) is 1. The second kappa shape index (κ2) is 7.50. The van der Waals surface area contributed by atoms with E-state index in [4.69, 9.17) is 17.3 Å². The molecule has 0 spiro atoms. The SMILES string of the molecule is CCN(Cc1ccncc1)C(CN)c1cccc(Cl)c1F. The minimum atomic E-state index is -0.386. The van der Waals surface area contributed by atoms with Crippen LogP contribution in [-0.4, -0.2) is 23.0 Å². The monoisotopic (exact) mass is 307 g/mol. The maximum atomic E-state index is 14.3. The van der Waals surface area contributed by atoms with E-state index in [9.17, 15) is 4.39 Å². The Kier molecular flexibility index (Phi) is 5.67. The minimum absolute atomic E-state index is 0.130. The van der Waals surface area contributed by atoms with Gasteiger partial charge in [0.05, 0.1) is 11.1 Å². The number of hydrogen-bond donors (Lipinski definition) is 1. The Bertz CT molecular complexity index is 577. The van der Waals surface area contributed by atoms with Crippen molar-refractivity contribution in [2.75, 3.05) is 13.1 Å². The summed E-state index contributed by atoms with van der Waals surface area (Å²) in [6, 6.07) is 8.74. The van der Waals surface area contributed by atoms with Crippen LogP contribution in [-0.2, 0) is 6.54 Å². The number of rotatable bonds is 6. The number of hydrogen-bond acceptors (Lipinski definition) is 3. The summed E-state index contributed by atoms with van der Waals surface area (Å²) >= 11 is 5.88. The molecule has 5 heteroatoms. The molecule has 2 N–H and O–H groups in total. The van der Waals surface area contributed by atoms with Crippen LogP contribution in [0.25, 0.3) is 0 Å². The summed E-state index contributed by atoms with van der Waals surface area (Å²) < 4.78 is 14.3. The molecule has 3 nitrogen and oxygen atoms in total.